The highest BCUT2D eigenvalue weighted by Gasteiger charge is 2.27. The maximum atomic E-state index is 13.7. The number of rotatable bonds is 5. The van der Waals surface area contributed by atoms with Gasteiger partial charge in [-0.2, -0.15) is 5.10 Å². The molecule has 1 amide bonds. The lowest BCUT2D eigenvalue weighted by molar-refractivity contribution is 0.0734. The minimum atomic E-state index is 0.0164. The highest BCUT2D eigenvalue weighted by molar-refractivity contribution is 5.98. The van der Waals surface area contributed by atoms with Gasteiger partial charge in [0.1, 0.15) is 5.75 Å². The van der Waals surface area contributed by atoms with Crippen LogP contribution in [0.1, 0.15) is 35.2 Å². The van der Waals surface area contributed by atoms with Crippen LogP contribution in [0.2, 0.25) is 0 Å². The number of anilines is 1. The molecule has 5 rings (SSSR count). The number of fused-ring (bicyclic) bond motifs is 1. The molecular formula is C26H32N4O3. The summed E-state index contributed by atoms with van der Waals surface area (Å²) in [7, 11) is 1.63. The van der Waals surface area contributed by atoms with Gasteiger partial charge in [0.2, 0.25) is 0 Å². The summed E-state index contributed by atoms with van der Waals surface area (Å²) < 4.78 is 11.5. The van der Waals surface area contributed by atoms with Crippen LogP contribution in [0.3, 0.4) is 0 Å². The number of hydrogen-bond donors (Lipinski definition) is 1. The van der Waals surface area contributed by atoms with Crippen molar-refractivity contribution in [2.75, 3.05) is 51.4 Å². The fourth-order valence-corrected chi connectivity index (χ4v) is 5.09. The molecule has 0 radical (unpaired) electrons. The average Bonchev–Trinajstić information content (AvgIpc) is 3.23. The Hall–Kier alpha value is -3.06. The van der Waals surface area contributed by atoms with Crippen molar-refractivity contribution in [2.24, 2.45) is 5.92 Å². The smallest absolute Gasteiger partial charge is 0.257 e. The fraction of sp³-hybridized carbons (Fsp3) is 0.462. The molecule has 1 N–H and O–H groups in total. The SMILES string of the molecule is COc1ccc(N2CCCCC2)cc1C(=O)N1CCOC[C@@H](Cc2cccc3[nH]ncc23)C1. The molecule has 2 aliphatic heterocycles. The van der Waals surface area contributed by atoms with Gasteiger partial charge in [-0.05, 0) is 55.5 Å². The van der Waals surface area contributed by atoms with Crippen LogP contribution in [0.5, 0.6) is 5.75 Å². The highest BCUT2D eigenvalue weighted by atomic mass is 16.5. The van der Waals surface area contributed by atoms with E-state index in [4.69, 9.17) is 9.47 Å². The van der Waals surface area contributed by atoms with E-state index >= 15 is 0 Å². The van der Waals surface area contributed by atoms with Crippen molar-refractivity contribution in [3.63, 3.8) is 0 Å². The average molecular weight is 449 g/mol. The number of ether oxygens (including phenoxy) is 2. The van der Waals surface area contributed by atoms with Crippen LogP contribution in [0.25, 0.3) is 10.9 Å². The maximum Gasteiger partial charge on any atom is 0.257 e. The van der Waals surface area contributed by atoms with Crippen LogP contribution < -0.4 is 9.64 Å². The summed E-state index contributed by atoms with van der Waals surface area (Å²) in [5.41, 5.74) is 4.01. The van der Waals surface area contributed by atoms with Crippen molar-refractivity contribution in [3.8, 4) is 5.75 Å². The lowest BCUT2D eigenvalue weighted by Crippen LogP contribution is -2.37. The van der Waals surface area contributed by atoms with Gasteiger partial charge in [-0.25, -0.2) is 0 Å². The molecule has 1 aromatic heterocycles. The van der Waals surface area contributed by atoms with E-state index in [2.05, 4.69) is 27.2 Å². The Bertz CT molecular complexity index is 1110. The van der Waals surface area contributed by atoms with Gasteiger partial charge in [0, 0.05) is 43.2 Å². The van der Waals surface area contributed by atoms with Crippen molar-refractivity contribution in [3.05, 3.63) is 53.7 Å². The number of piperidine rings is 1. The second-order valence-electron chi connectivity index (χ2n) is 9.08. The van der Waals surface area contributed by atoms with Gasteiger partial charge in [0.15, 0.2) is 0 Å². The molecule has 0 bridgehead atoms. The van der Waals surface area contributed by atoms with Crippen LogP contribution in [0, 0.1) is 5.92 Å². The van der Waals surface area contributed by atoms with Gasteiger partial charge in [0.05, 0.1) is 37.6 Å². The second kappa shape index (κ2) is 9.83. The van der Waals surface area contributed by atoms with Crippen LogP contribution in [-0.2, 0) is 11.2 Å². The Morgan fingerprint density at radius 2 is 2.06 bits per heavy atom. The van der Waals surface area contributed by atoms with Gasteiger partial charge in [0.25, 0.3) is 5.91 Å². The summed E-state index contributed by atoms with van der Waals surface area (Å²) in [5, 5.41) is 8.36. The summed E-state index contributed by atoms with van der Waals surface area (Å²) in [5.74, 6) is 0.863. The Labute approximate surface area is 194 Å². The van der Waals surface area contributed by atoms with Crippen LogP contribution in [0.15, 0.2) is 42.6 Å². The molecule has 0 aliphatic carbocycles. The number of nitrogens with one attached hydrogen (secondary N) is 1. The van der Waals surface area contributed by atoms with Crippen molar-refractivity contribution in [1.82, 2.24) is 15.1 Å². The molecule has 174 valence electrons. The number of hydrogen-bond acceptors (Lipinski definition) is 5. The molecule has 0 unspecified atom stereocenters. The molecule has 2 aromatic carbocycles. The quantitative estimate of drug-likeness (QED) is 0.641. The summed E-state index contributed by atoms with van der Waals surface area (Å²) in [4.78, 5) is 18.0. The fourth-order valence-electron chi connectivity index (χ4n) is 5.09. The zero-order chi connectivity index (χ0) is 22.6. The molecule has 33 heavy (non-hydrogen) atoms. The minimum Gasteiger partial charge on any atom is -0.496 e. The maximum absolute atomic E-state index is 13.7. The third kappa shape index (κ3) is 4.69. The molecule has 2 aliphatic rings. The third-order valence-corrected chi connectivity index (χ3v) is 6.84. The standard InChI is InChI=1S/C26H32N4O3/c1-32-25-9-8-21(29-10-3-2-4-11-29)15-22(25)26(31)30-12-13-33-18-19(17-30)14-20-6-5-7-24-23(20)16-27-28-24/h5-9,15-16,19H,2-4,10-14,17-18H2,1H3,(H,27,28)/t19-/m0/s1. The normalized spacial score (nSPS) is 19.5. The molecular weight excluding hydrogens is 416 g/mol. The van der Waals surface area contributed by atoms with E-state index in [1.807, 2.05) is 35.4 Å². The third-order valence-electron chi connectivity index (χ3n) is 6.84. The topological polar surface area (TPSA) is 70.7 Å². The molecule has 3 heterocycles. The number of benzene rings is 2. The molecule has 1 atom stereocenters. The van der Waals surface area contributed by atoms with Crippen LogP contribution >= 0.6 is 0 Å². The minimum absolute atomic E-state index is 0.0164. The number of aromatic nitrogens is 2. The molecule has 0 spiro atoms. The van der Waals surface area contributed by atoms with E-state index in [-0.39, 0.29) is 11.8 Å². The van der Waals surface area contributed by atoms with E-state index in [1.54, 1.807) is 7.11 Å². The summed E-state index contributed by atoms with van der Waals surface area (Å²) in [6.07, 6.45) is 6.39. The zero-order valence-corrected chi connectivity index (χ0v) is 19.3. The van der Waals surface area contributed by atoms with Gasteiger partial charge < -0.3 is 19.3 Å². The zero-order valence-electron chi connectivity index (χ0n) is 19.3. The molecule has 3 aromatic rings. The Kier molecular flexibility index (Phi) is 6.48. The van der Waals surface area contributed by atoms with Gasteiger partial charge in [-0.15, -0.1) is 0 Å². The number of carbonyl (C=O) groups is 1. The van der Waals surface area contributed by atoms with Gasteiger partial charge in [-0.1, -0.05) is 12.1 Å². The van der Waals surface area contributed by atoms with E-state index in [1.165, 1.54) is 24.8 Å². The Morgan fingerprint density at radius 1 is 1.18 bits per heavy atom. The van der Waals surface area contributed by atoms with Crippen LogP contribution in [-0.4, -0.2) is 67.5 Å². The van der Waals surface area contributed by atoms with Crippen molar-refractivity contribution < 1.29 is 14.3 Å². The van der Waals surface area contributed by atoms with Crippen molar-refractivity contribution >= 4 is 22.5 Å². The molecule has 2 saturated heterocycles. The Balaban J connectivity index is 1.36. The van der Waals surface area contributed by atoms with Gasteiger partial charge in [-0.3, -0.25) is 9.89 Å². The molecule has 2 fully saturated rings. The number of H-pyrrole nitrogens is 1. The molecule has 0 saturated carbocycles. The summed E-state index contributed by atoms with van der Waals surface area (Å²) >= 11 is 0. The first-order chi connectivity index (χ1) is 16.2. The van der Waals surface area contributed by atoms with Crippen molar-refractivity contribution in [2.45, 2.75) is 25.7 Å². The number of carbonyl (C=O) groups excluding carboxylic acids is 1. The van der Waals surface area contributed by atoms with E-state index < -0.39 is 0 Å². The van der Waals surface area contributed by atoms with Gasteiger partial charge >= 0.3 is 0 Å². The summed E-state index contributed by atoms with van der Waals surface area (Å²) in [6.45, 7) is 4.51. The second-order valence-corrected chi connectivity index (χ2v) is 9.08. The molecule has 7 heteroatoms. The van der Waals surface area contributed by atoms with E-state index in [0.717, 1.165) is 36.1 Å². The summed E-state index contributed by atoms with van der Waals surface area (Å²) in [6, 6.07) is 12.2. The number of amides is 1. The first-order valence-corrected chi connectivity index (χ1v) is 11.9. The lowest BCUT2D eigenvalue weighted by atomic mass is 9.97. The van der Waals surface area contributed by atoms with Crippen molar-refractivity contribution in [1.29, 1.82) is 0 Å². The molecule has 7 nitrogen and oxygen atoms in total. The largest absolute Gasteiger partial charge is 0.496 e. The van der Waals surface area contributed by atoms with E-state index in [9.17, 15) is 4.79 Å². The van der Waals surface area contributed by atoms with Crippen LogP contribution in [0.4, 0.5) is 5.69 Å². The number of aromatic amines is 1. The highest BCUT2D eigenvalue weighted by Crippen LogP contribution is 2.29. The number of nitrogens with zero attached hydrogens (tertiary/aromatic N) is 3. The van der Waals surface area contributed by atoms with E-state index in [0.29, 0.717) is 37.6 Å². The Morgan fingerprint density at radius 3 is 2.91 bits per heavy atom. The number of methoxy groups -OCH3 is 1. The first kappa shape index (κ1) is 21.8. The predicted molar refractivity (Wildman–Crippen MR) is 129 cm³/mol. The first-order valence-electron chi connectivity index (χ1n) is 11.9. The predicted octanol–water partition coefficient (Wildman–Crippen LogP) is 3.89. The lowest BCUT2D eigenvalue weighted by Gasteiger charge is -2.30. The monoisotopic (exact) mass is 448 g/mol.